The van der Waals surface area contributed by atoms with Crippen molar-refractivity contribution in [3.63, 3.8) is 0 Å². The Morgan fingerprint density at radius 3 is 2.30 bits per heavy atom. The smallest absolute Gasteiger partial charge is 0.416 e. The first-order chi connectivity index (χ1) is 17.8. The molecule has 0 spiro atoms. The highest BCUT2D eigenvalue weighted by atomic mass is 19.4. The molecule has 1 heterocycles. The van der Waals surface area contributed by atoms with Gasteiger partial charge in [0.25, 0.3) is 5.91 Å². The maximum absolute atomic E-state index is 13.0. The molecule has 1 saturated heterocycles. The zero-order chi connectivity index (χ0) is 26.3. The number of anilines is 1. The molecule has 0 N–H and O–H groups in total. The second-order valence-electron chi connectivity index (χ2n) is 10.2. The van der Waals surface area contributed by atoms with Gasteiger partial charge in [0, 0.05) is 50.0 Å². The molecule has 8 heteroatoms. The van der Waals surface area contributed by atoms with E-state index in [-0.39, 0.29) is 11.5 Å². The van der Waals surface area contributed by atoms with Crippen LogP contribution in [-0.2, 0) is 6.18 Å². The van der Waals surface area contributed by atoms with Gasteiger partial charge in [-0.15, -0.1) is 0 Å². The molecule has 2 aromatic rings. The molecule has 1 amide bonds. The summed E-state index contributed by atoms with van der Waals surface area (Å²) in [6.07, 6.45) is 4.59. The predicted octanol–water partition coefficient (Wildman–Crippen LogP) is 6.09. The Kier molecular flexibility index (Phi) is 9.35. The Hall–Kier alpha value is -2.74. The van der Waals surface area contributed by atoms with Crippen molar-refractivity contribution in [1.29, 1.82) is 0 Å². The molecule has 2 aromatic carbocycles. The Bertz CT molecular complexity index is 996. The molecule has 37 heavy (non-hydrogen) atoms. The average Bonchev–Trinajstić information content (AvgIpc) is 3.21. The lowest BCUT2D eigenvalue weighted by atomic mass is 10.1. The highest BCUT2D eigenvalue weighted by Crippen LogP contribution is 2.30. The van der Waals surface area contributed by atoms with Crippen LogP contribution in [0, 0.1) is 0 Å². The second kappa shape index (κ2) is 12.7. The van der Waals surface area contributed by atoms with Crippen molar-refractivity contribution in [2.24, 2.45) is 0 Å². The number of benzene rings is 2. The van der Waals surface area contributed by atoms with Crippen molar-refractivity contribution in [2.45, 2.75) is 57.2 Å². The van der Waals surface area contributed by atoms with Crippen molar-refractivity contribution in [1.82, 2.24) is 9.80 Å². The van der Waals surface area contributed by atoms with Crippen LogP contribution in [0.2, 0.25) is 0 Å². The maximum atomic E-state index is 13.0. The van der Waals surface area contributed by atoms with E-state index < -0.39 is 11.7 Å². The lowest BCUT2D eigenvalue weighted by Crippen LogP contribution is -2.48. The fourth-order valence-corrected chi connectivity index (χ4v) is 5.32. The first kappa shape index (κ1) is 27.3. The zero-order valence-corrected chi connectivity index (χ0v) is 21.7. The van der Waals surface area contributed by atoms with Gasteiger partial charge in [-0.25, -0.2) is 0 Å². The summed E-state index contributed by atoms with van der Waals surface area (Å²) in [7, 11) is 2.23. The molecule has 5 nitrogen and oxygen atoms in total. The first-order valence-corrected chi connectivity index (χ1v) is 13.5. The van der Waals surface area contributed by atoms with E-state index in [0.717, 1.165) is 36.5 Å². The maximum Gasteiger partial charge on any atom is 0.416 e. The predicted molar refractivity (Wildman–Crippen MR) is 140 cm³/mol. The summed E-state index contributed by atoms with van der Waals surface area (Å²) in [5.41, 5.74) is 0.322. The number of halogens is 3. The molecule has 4 rings (SSSR count). The van der Waals surface area contributed by atoms with Crippen LogP contribution < -0.4 is 9.64 Å². The number of nitrogens with zero attached hydrogens (tertiary/aromatic N) is 3. The fraction of sp³-hybridized carbons (Fsp3) is 0.552. The van der Waals surface area contributed by atoms with Crippen molar-refractivity contribution >= 4 is 11.6 Å². The molecule has 0 radical (unpaired) electrons. The van der Waals surface area contributed by atoms with E-state index in [4.69, 9.17) is 4.74 Å². The van der Waals surface area contributed by atoms with E-state index in [1.807, 2.05) is 24.3 Å². The quantitative estimate of drug-likeness (QED) is 0.314. The molecular formula is C29H38F3N3O2. The second-order valence-corrected chi connectivity index (χ2v) is 10.2. The molecule has 1 aliphatic carbocycles. The van der Waals surface area contributed by atoms with Crippen molar-refractivity contribution in [3.05, 3.63) is 59.7 Å². The van der Waals surface area contributed by atoms with Crippen LogP contribution >= 0.6 is 0 Å². The van der Waals surface area contributed by atoms with Crippen LogP contribution in [0.15, 0.2) is 48.5 Å². The molecule has 2 fully saturated rings. The van der Waals surface area contributed by atoms with E-state index >= 15 is 0 Å². The van der Waals surface area contributed by atoms with E-state index in [1.54, 1.807) is 4.90 Å². The number of alkyl halides is 3. The van der Waals surface area contributed by atoms with Gasteiger partial charge in [0.15, 0.2) is 0 Å². The summed E-state index contributed by atoms with van der Waals surface area (Å²) in [6, 6.07) is 13.4. The Morgan fingerprint density at radius 1 is 0.973 bits per heavy atom. The normalized spacial score (nSPS) is 17.6. The topological polar surface area (TPSA) is 36.0 Å². The van der Waals surface area contributed by atoms with E-state index in [1.165, 1.54) is 50.7 Å². The van der Waals surface area contributed by atoms with Crippen LogP contribution in [-0.4, -0.2) is 68.1 Å². The summed E-state index contributed by atoms with van der Waals surface area (Å²) in [5, 5.41) is 0. The number of carbonyl (C=O) groups is 1. The van der Waals surface area contributed by atoms with Gasteiger partial charge in [0.1, 0.15) is 5.75 Å². The summed E-state index contributed by atoms with van der Waals surface area (Å²) in [4.78, 5) is 19.1. The monoisotopic (exact) mass is 517 g/mol. The van der Waals surface area contributed by atoms with E-state index in [0.29, 0.717) is 38.8 Å². The number of rotatable bonds is 8. The van der Waals surface area contributed by atoms with Gasteiger partial charge in [-0.3, -0.25) is 4.79 Å². The van der Waals surface area contributed by atoms with Gasteiger partial charge < -0.3 is 19.4 Å². The third-order valence-corrected chi connectivity index (χ3v) is 7.58. The van der Waals surface area contributed by atoms with Crippen LogP contribution in [0.4, 0.5) is 18.9 Å². The van der Waals surface area contributed by atoms with Crippen molar-refractivity contribution < 1.29 is 22.7 Å². The minimum atomic E-state index is -4.46. The summed E-state index contributed by atoms with van der Waals surface area (Å²) < 4.78 is 45.0. The van der Waals surface area contributed by atoms with E-state index in [9.17, 15) is 18.0 Å². The third kappa shape index (κ3) is 7.63. The lowest BCUT2D eigenvalue weighted by molar-refractivity contribution is -0.137. The standard InChI is InChI=1S/C29H38F3N3O2/c1-33(25-10-4-2-3-5-11-25)16-7-21-37-27-14-12-26(13-15-27)34-17-19-35(20-18-34)28(36)23-8-6-9-24(22-23)29(30,31)32/h6,8-9,12-15,22,25H,2-5,7,10-11,16-21H2,1H3. The molecule has 202 valence electrons. The Balaban J connectivity index is 1.20. The summed E-state index contributed by atoms with van der Waals surface area (Å²) in [6.45, 7) is 3.90. The van der Waals surface area contributed by atoms with Crippen LogP contribution in [0.25, 0.3) is 0 Å². The number of amides is 1. The molecule has 1 aliphatic heterocycles. The minimum absolute atomic E-state index is 0.0743. The van der Waals surface area contributed by atoms with Crippen LogP contribution in [0.5, 0.6) is 5.75 Å². The van der Waals surface area contributed by atoms with E-state index in [2.05, 4.69) is 16.8 Å². The molecule has 1 saturated carbocycles. The minimum Gasteiger partial charge on any atom is -0.494 e. The largest absolute Gasteiger partial charge is 0.494 e. The zero-order valence-electron chi connectivity index (χ0n) is 21.7. The van der Waals surface area contributed by atoms with Gasteiger partial charge in [-0.05, 0) is 68.8 Å². The molecule has 2 aliphatic rings. The number of hydrogen-bond acceptors (Lipinski definition) is 4. The third-order valence-electron chi connectivity index (χ3n) is 7.58. The SMILES string of the molecule is CN(CCCOc1ccc(N2CCN(C(=O)c3cccc(C(F)(F)F)c3)CC2)cc1)C1CCCCCC1. The van der Waals surface area contributed by atoms with Crippen molar-refractivity contribution in [2.75, 3.05) is 51.3 Å². The number of ether oxygens (including phenoxy) is 1. The van der Waals surface area contributed by atoms with Crippen LogP contribution in [0.3, 0.4) is 0 Å². The number of piperazine rings is 1. The summed E-state index contributed by atoms with van der Waals surface area (Å²) in [5.74, 6) is 0.485. The highest BCUT2D eigenvalue weighted by molar-refractivity contribution is 5.94. The fourth-order valence-electron chi connectivity index (χ4n) is 5.32. The van der Waals surface area contributed by atoms with Crippen molar-refractivity contribution in [3.8, 4) is 5.75 Å². The molecule has 0 aromatic heterocycles. The molecular weight excluding hydrogens is 479 g/mol. The summed E-state index contributed by atoms with van der Waals surface area (Å²) >= 11 is 0. The van der Waals surface area contributed by atoms with Gasteiger partial charge in [0.2, 0.25) is 0 Å². The average molecular weight is 518 g/mol. The first-order valence-electron chi connectivity index (χ1n) is 13.5. The number of hydrogen-bond donors (Lipinski definition) is 0. The van der Waals surface area contributed by atoms with Gasteiger partial charge in [-0.1, -0.05) is 31.7 Å². The highest BCUT2D eigenvalue weighted by Gasteiger charge is 2.31. The number of carbonyl (C=O) groups excluding carboxylic acids is 1. The van der Waals surface area contributed by atoms with Gasteiger partial charge >= 0.3 is 6.18 Å². The molecule has 0 unspecified atom stereocenters. The lowest BCUT2D eigenvalue weighted by Gasteiger charge is -2.36. The van der Waals surface area contributed by atoms with Gasteiger partial charge in [-0.2, -0.15) is 13.2 Å². The Morgan fingerprint density at radius 2 is 1.65 bits per heavy atom. The van der Waals surface area contributed by atoms with Gasteiger partial charge in [0.05, 0.1) is 12.2 Å². The van der Waals surface area contributed by atoms with Crippen LogP contribution in [0.1, 0.15) is 60.9 Å². The molecule has 0 atom stereocenters. The molecule has 0 bridgehead atoms. The Labute approximate surface area is 218 Å².